The minimum atomic E-state index is -0.342. The number of furan rings is 1. The van der Waals surface area contributed by atoms with Crippen molar-refractivity contribution in [1.29, 1.82) is 0 Å². The lowest BCUT2D eigenvalue weighted by Crippen LogP contribution is -2.40. The van der Waals surface area contributed by atoms with Crippen molar-refractivity contribution < 1.29 is 14.0 Å². The third kappa shape index (κ3) is 3.67. The molecule has 2 bridgehead atoms. The van der Waals surface area contributed by atoms with E-state index in [1.54, 1.807) is 17.5 Å². The van der Waals surface area contributed by atoms with Crippen LogP contribution in [0.15, 0.2) is 28.2 Å². The summed E-state index contributed by atoms with van der Waals surface area (Å²) in [4.78, 5) is 28.6. The lowest BCUT2D eigenvalue weighted by molar-refractivity contribution is -0.121. The lowest BCUT2D eigenvalue weighted by atomic mass is 9.84. The molecule has 0 unspecified atom stereocenters. The molecular weight excluding hydrogens is 350 g/mol. The zero-order valence-corrected chi connectivity index (χ0v) is 15.6. The molecule has 6 nitrogen and oxygen atoms in total. The molecule has 0 aliphatic heterocycles. The molecule has 2 amide bonds. The summed E-state index contributed by atoms with van der Waals surface area (Å²) in [6.45, 7) is 2.12. The van der Waals surface area contributed by atoms with Crippen molar-refractivity contribution in [2.45, 2.75) is 45.1 Å². The topological polar surface area (TPSA) is 84.2 Å². The number of anilines is 1. The first kappa shape index (κ1) is 17.3. The van der Waals surface area contributed by atoms with Crippen LogP contribution in [0, 0.1) is 17.8 Å². The van der Waals surface area contributed by atoms with Crippen molar-refractivity contribution in [2.24, 2.45) is 17.8 Å². The van der Waals surface area contributed by atoms with Gasteiger partial charge in [-0.3, -0.25) is 14.9 Å². The molecule has 4 rings (SSSR count). The smallest absolute Gasteiger partial charge is 0.293 e. The number of hydrogen-bond donors (Lipinski definition) is 2. The number of amides is 2. The summed E-state index contributed by atoms with van der Waals surface area (Å²) in [7, 11) is 0. The Morgan fingerprint density at radius 2 is 2.27 bits per heavy atom. The normalized spacial score (nSPS) is 25.2. The Labute approximate surface area is 156 Å². The first-order valence-corrected chi connectivity index (χ1v) is 10.0. The van der Waals surface area contributed by atoms with E-state index in [2.05, 4.69) is 22.5 Å². The zero-order valence-electron chi connectivity index (χ0n) is 14.7. The molecule has 2 fully saturated rings. The van der Waals surface area contributed by atoms with Gasteiger partial charge < -0.3 is 9.73 Å². The van der Waals surface area contributed by atoms with Crippen LogP contribution in [0.1, 0.15) is 48.9 Å². The summed E-state index contributed by atoms with van der Waals surface area (Å²) in [5.74, 6) is 2.18. The standard InChI is InChI=1S/C19H23N3O3S/c1-11(15-8-12-4-5-13(15)7-12)20-17(23)9-14-10-26-19(21-14)22-18(24)16-3-2-6-25-16/h2-3,6,10-13,15H,4-5,7-9H2,1H3,(H,20,23)(H,21,22,24)/t11-,12+,13+,15+/m1/s1. The van der Waals surface area contributed by atoms with E-state index < -0.39 is 0 Å². The van der Waals surface area contributed by atoms with Crippen molar-refractivity contribution in [3.8, 4) is 0 Å². The number of aromatic nitrogens is 1. The Morgan fingerprint density at radius 3 is 2.96 bits per heavy atom. The second kappa shape index (κ2) is 7.23. The Morgan fingerprint density at radius 1 is 1.38 bits per heavy atom. The number of carbonyl (C=O) groups excluding carboxylic acids is 2. The highest BCUT2D eigenvalue weighted by molar-refractivity contribution is 7.14. The van der Waals surface area contributed by atoms with Crippen LogP contribution in [-0.2, 0) is 11.2 Å². The van der Waals surface area contributed by atoms with Gasteiger partial charge in [-0.25, -0.2) is 4.98 Å². The van der Waals surface area contributed by atoms with E-state index in [4.69, 9.17) is 4.42 Å². The quantitative estimate of drug-likeness (QED) is 0.812. The van der Waals surface area contributed by atoms with Gasteiger partial charge in [-0.05, 0) is 56.1 Å². The van der Waals surface area contributed by atoms with Crippen molar-refractivity contribution in [3.05, 3.63) is 35.2 Å². The Bertz CT molecular complexity index is 786. The molecule has 2 N–H and O–H groups in total. The molecule has 0 saturated heterocycles. The maximum atomic E-state index is 12.4. The van der Waals surface area contributed by atoms with Crippen molar-refractivity contribution in [3.63, 3.8) is 0 Å². The molecule has 2 aliphatic carbocycles. The largest absolute Gasteiger partial charge is 0.459 e. The van der Waals surface area contributed by atoms with Crippen LogP contribution in [-0.4, -0.2) is 22.8 Å². The molecule has 0 radical (unpaired) electrons. The average molecular weight is 373 g/mol. The van der Waals surface area contributed by atoms with Gasteiger partial charge in [0.15, 0.2) is 10.9 Å². The van der Waals surface area contributed by atoms with Gasteiger partial charge in [-0.1, -0.05) is 6.42 Å². The van der Waals surface area contributed by atoms with Crippen molar-refractivity contribution in [1.82, 2.24) is 10.3 Å². The molecule has 2 aromatic heterocycles. The Hall–Kier alpha value is -2.15. The fraction of sp³-hybridized carbons (Fsp3) is 0.526. The average Bonchev–Trinajstić information content (AvgIpc) is 3.39. The summed E-state index contributed by atoms with van der Waals surface area (Å²) in [5, 5.41) is 8.11. The van der Waals surface area contributed by atoms with Gasteiger partial charge in [0.1, 0.15) is 0 Å². The summed E-state index contributed by atoms with van der Waals surface area (Å²) in [6, 6.07) is 3.47. The molecule has 4 atom stereocenters. The second-order valence-corrected chi connectivity index (χ2v) is 8.31. The molecule has 2 aliphatic rings. The number of rotatable bonds is 6. The van der Waals surface area contributed by atoms with Crippen LogP contribution >= 0.6 is 11.3 Å². The number of thiazole rings is 1. The SMILES string of the molecule is C[C@@H](NC(=O)Cc1csc(NC(=O)c2ccco2)n1)[C@@H]1C[C@H]2CC[C@H]1C2. The highest BCUT2D eigenvalue weighted by Gasteiger charge is 2.42. The summed E-state index contributed by atoms with van der Waals surface area (Å²) in [6.07, 6.45) is 6.97. The van der Waals surface area contributed by atoms with E-state index in [1.165, 1.54) is 43.3 Å². The summed E-state index contributed by atoms with van der Waals surface area (Å²) in [5.41, 5.74) is 0.669. The maximum Gasteiger partial charge on any atom is 0.293 e. The Balaban J connectivity index is 1.28. The Kier molecular flexibility index (Phi) is 4.80. The molecule has 2 aromatic rings. The van der Waals surface area contributed by atoms with Gasteiger partial charge in [0.2, 0.25) is 5.91 Å². The third-order valence-corrected chi connectivity index (χ3v) is 6.49. The summed E-state index contributed by atoms with van der Waals surface area (Å²) < 4.78 is 5.05. The first-order chi connectivity index (χ1) is 12.6. The van der Waals surface area contributed by atoms with Crippen LogP contribution in [0.5, 0.6) is 0 Å². The van der Waals surface area contributed by atoms with Crippen LogP contribution in [0.25, 0.3) is 0 Å². The molecule has 0 aromatic carbocycles. The van der Waals surface area contributed by atoms with Gasteiger partial charge in [0.25, 0.3) is 5.91 Å². The van der Waals surface area contributed by atoms with Gasteiger partial charge in [-0.2, -0.15) is 0 Å². The lowest BCUT2D eigenvalue weighted by Gasteiger charge is -2.28. The fourth-order valence-corrected chi connectivity index (χ4v) is 5.20. The second-order valence-electron chi connectivity index (χ2n) is 7.45. The van der Waals surface area contributed by atoms with E-state index in [9.17, 15) is 9.59 Å². The zero-order chi connectivity index (χ0) is 18.1. The molecule has 0 spiro atoms. The van der Waals surface area contributed by atoms with Crippen LogP contribution in [0.2, 0.25) is 0 Å². The van der Waals surface area contributed by atoms with Gasteiger partial charge in [0, 0.05) is 11.4 Å². The third-order valence-electron chi connectivity index (χ3n) is 5.68. The van der Waals surface area contributed by atoms with E-state index in [-0.39, 0.29) is 30.0 Å². The van der Waals surface area contributed by atoms with Gasteiger partial charge >= 0.3 is 0 Å². The number of hydrogen-bond acceptors (Lipinski definition) is 5. The fourth-order valence-electron chi connectivity index (χ4n) is 4.49. The molecule has 138 valence electrons. The van der Waals surface area contributed by atoms with Crippen LogP contribution in [0.3, 0.4) is 0 Å². The summed E-state index contributed by atoms with van der Waals surface area (Å²) >= 11 is 1.31. The van der Waals surface area contributed by atoms with Crippen LogP contribution in [0.4, 0.5) is 5.13 Å². The van der Waals surface area contributed by atoms with E-state index >= 15 is 0 Å². The molecule has 2 heterocycles. The molecule has 26 heavy (non-hydrogen) atoms. The minimum Gasteiger partial charge on any atom is -0.459 e. The number of nitrogens with one attached hydrogen (secondary N) is 2. The number of nitrogens with zero attached hydrogens (tertiary/aromatic N) is 1. The van der Waals surface area contributed by atoms with E-state index in [0.717, 1.165) is 11.8 Å². The highest BCUT2D eigenvalue weighted by Crippen LogP contribution is 2.49. The molecular formula is C19H23N3O3S. The van der Waals surface area contributed by atoms with E-state index in [0.29, 0.717) is 16.7 Å². The minimum absolute atomic E-state index is 0.00511. The maximum absolute atomic E-state index is 12.4. The van der Waals surface area contributed by atoms with Gasteiger partial charge in [0.05, 0.1) is 18.4 Å². The molecule has 7 heteroatoms. The predicted molar refractivity (Wildman–Crippen MR) is 99.0 cm³/mol. The predicted octanol–water partition coefficient (Wildman–Crippen LogP) is 3.47. The van der Waals surface area contributed by atoms with Gasteiger partial charge in [-0.15, -0.1) is 11.3 Å². The monoisotopic (exact) mass is 373 g/mol. The highest BCUT2D eigenvalue weighted by atomic mass is 32.1. The van der Waals surface area contributed by atoms with Crippen molar-refractivity contribution >= 4 is 28.3 Å². The number of fused-ring (bicyclic) bond motifs is 2. The van der Waals surface area contributed by atoms with Crippen LogP contribution < -0.4 is 10.6 Å². The first-order valence-electron chi connectivity index (χ1n) is 9.17. The molecule has 2 saturated carbocycles. The van der Waals surface area contributed by atoms with E-state index in [1.807, 2.05) is 0 Å². The number of carbonyl (C=O) groups is 2. The van der Waals surface area contributed by atoms with Crippen molar-refractivity contribution in [2.75, 3.05) is 5.32 Å².